The van der Waals surface area contributed by atoms with Crippen molar-refractivity contribution in [2.45, 2.75) is 116 Å². The van der Waals surface area contributed by atoms with Gasteiger partial charge in [0.15, 0.2) is 0 Å². The minimum Gasteiger partial charge on any atom is -0.472 e. The zero-order valence-electron chi connectivity index (χ0n) is 26.1. The van der Waals surface area contributed by atoms with Crippen LogP contribution < -0.4 is 0 Å². The number of ether oxygens (including phenoxy) is 3. The summed E-state index contributed by atoms with van der Waals surface area (Å²) in [6.07, 6.45) is 5.71. The molecule has 2 heterocycles. The molecule has 1 saturated heterocycles. The summed E-state index contributed by atoms with van der Waals surface area (Å²) in [5, 5.41) is 12.0. The summed E-state index contributed by atoms with van der Waals surface area (Å²) in [4.78, 5) is 50.0. The van der Waals surface area contributed by atoms with Crippen LogP contribution in [-0.2, 0) is 38.4 Å². The van der Waals surface area contributed by atoms with E-state index < -0.39 is 75.5 Å². The molecule has 43 heavy (non-hydrogen) atoms. The summed E-state index contributed by atoms with van der Waals surface area (Å²) >= 11 is 0. The van der Waals surface area contributed by atoms with Gasteiger partial charge in [0.25, 0.3) is 0 Å². The quantitative estimate of drug-likeness (QED) is 0.223. The summed E-state index contributed by atoms with van der Waals surface area (Å²) in [5.41, 5.74) is -2.31. The van der Waals surface area contributed by atoms with E-state index in [-0.39, 0.29) is 25.4 Å². The summed E-state index contributed by atoms with van der Waals surface area (Å²) in [7, 11) is 0. The average molecular weight is 601 g/mol. The summed E-state index contributed by atoms with van der Waals surface area (Å²) in [6, 6.07) is 1.98. The molecular formula is C33H44O10. The highest BCUT2D eigenvalue weighted by Crippen LogP contribution is 2.76. The third kappa shape index (κ3) is 4.42. The van der Waals surface area contributed by atoms with Crippen LogP contribution in [0.2, 0.25) is 0 Å². The first-order valence-electron chi connectivity index (χ1n) is 15.3. The number of aliphatic hydroxyl groups is 1. The highest BCUT2D eigenvalue weighted by atomic mass is 17.2. The van der Waals surface area contributed by atoms with Crippen molar-refractivity contribution in [2.24, 2.45) is 28.1 Å². The van der Waals surface area contributed by atoms with Gasteiger partial charge in [0.05, 0.1) is 18.1 Å². The van der Waals surface area contributed by atoms with Gasteiger partial charge >= 0.3 is 17.9 Å². The molecule has 10 nitrogen and oxygen atoms in total. The Kier molecular flexibility index (Phi) is 6.99. The SMILES string of the molecule is CC(=O)O[C@H]1C[C@]2(C)C(=CC[C@@H]2c2ccoc2)[C@]2(C)[C@H](OC(C)=O)C[C@H]3C(C)(C)OOC[C@]4(O)C[C@H](OC(C)=O)[C@]3(C4)[C@@H]12. The summed E-state index contributed by atoms with van der Waals surface area (Å²) in [5.74, 6) is -2.14. The Balaban J connectivity index is 1.63. The Hall–Kier alpha value is -2.69. The van der Waals surface area contributed by atoms with Crippen LogP contribution in [0, 0.1) is 28.1 Å². The first-order chi connectivity index (χ1) is 20.1. The van der Waals surface area contributed by atoms with Gasteiger partial charge in [-0.2, -0.15) is 0 Å². The first-order valence-corrected chi connectivity index (χ1v) is 15.3. The lowest BCUT2D eigenvalue weighted by atomic mass is 9.38. The highest BCUT2D eigenvalue weighted by molar-refractivity contribution is 5.68. The maximum Gasteiger partial charge on any atom is 0.302 e. The van der Waals surface area contributed by atoms with Gasteiger partial charge in [-0.25, -0.2) is 9.78 Å². The Morgan fingerprint density at radius 1 is 0.953 bits per heavy atom. The average Bonchev–Trinajstić information content (AvgIpc) is 3.57. The molecule has 0 amide bonds. The Morgan fingerprint density at radius 2 is 1.63 bits per heavy atom. The molecule has 4 fully saturated rings. The van der Waals surface area contributed by atoms with Gasteiger partial charge in [0, 0.05) is 49.9 Å². The summed E-state index contributed by atoms with van der Waals surface area (Å²) in [6.45, 7) is 12.2. The predicted molar refractivity (Wildman–Crippen MR) is 151 cm³/mol. The molecule has 1 aromatic rings. The number of carbonyl (C=O) groups is 3. The van der Waals surface area contributed by atoms with Gasteiger partial charge < -0.3 is 23.7 Å². The van der Waals surface area contributed by atoms with Gasteiger partial charge in [-0.05, 0) is 62.5 Å². The molecule has 4 aliphatic carbocycles. The molecular weight excluding hydrogens is 556 g/mol. The molecule has 6 rings (SSSR count). The maximum absolute atomic E-state index is 12.9. The molecule has 0 radical (unpaired) electrons. The topological polar surface area (TPSA) is 131 Å². The Morgan fingerprint density at radius 3 is 2.26 bits per heavy atom. The van der Waals surface area contributed by atoms with Crippen molar-refractivity contribution in [2.75, 3.05) is 6.61 Å². The zero-order chi connectivity index (χ0) is 31.2. The van der Waals surface area contributed by atoms with Crippen LogP contribution in [0.25, 0.3) is 0 Å². The van der Waals surface area contributed by atoms with E-state index in [1.807, 2.05) is 19.9 Å². The molecule has 1 N–H and O–H groups in total. The molecule has 10 atom stereocenters. The van der Waals surface area contributed by atoms with E-state index in [1.54, 1.807) is 12.5 Å². The van der Waals surface area contributed by atoms with Crippen molar-refractivity contribution in [3.05, 3.63) is 35.8 Å². The highest BCUT2D eigenvalue weighted by Gasteiger charge is 2.78. The van der Waals surface area contributed by atoms with E-state index in [0.717, 1.165) is 17.6 Å². The molecule has 1 aromatic heterocycles. The van der Waals surface area contributed by atoms with Crippen LogP contribution in [-0.4, -0.2) is 59.1 Å². The molecule has 236 valence electrons. The molecule has 1 aliphatic heterocycles. The second kappa shape index (κ2) is 9.91. The van der Waals surface area contributed by atoms with Crippen LogP contribution in [0.4, 0.5) is 0 Å². The van der Waals surface area contributed by atoms with Gasteiger partial charge in [0.2, 0.25) is 0 Å². The van der Waals surface area contributed by atoms with Gasteiger partial charge in [-0.3, -0.25) is 14.4 Å². The lowest BCUT2D eigenvalue weighted by Gasteiger charge is -2.68. The number of carbonyl (C=O) groups excluding carboxylic acids is 3. The fourth-order valence-electron chi connectivity index (χ4n) is 10.6. The van der Waals surface area contributed by atoms with Crippen LogP contribution in [0.15, 0.2) is 34.7 Å². The van der Waals surface area contributed by atoms with Crippen molar-refractivity contribution in [3.8, 4) is 0 Å². The van der Waals surface area contributed by atoms with Crippen molar-refractivity contribution in [3.63, 3.8) is 0 Å². The van der Waals surface area contributed by atoms with Gasteiger partial charge in [0.1, 0.15) is 30.5 Å². The number of furan rings is 1. The standard InChI is InChI=1S/C33H44O10/c1-18(34)40-23-13-30(6)22(21-10-11-38-15-21)8-9-24(30)31(7)26(41-19(2)35)12-25-29(4,5)43-39-17-32(37)14-27(42-20(3)36)33(25,16-32)28(23)31/h9-11,15,22-23,25-28,37H,8,12-14,16-17H2,1-7H3/t22-,23+,25+,26-,27+,28+,30+,31-,32+,33-/m1/s1. The van der Waals surface area contributed by atoms with Crippen molar-refractivity contribution < 1.29 is 47.9 Å². The summed E-state index contributed by atoms with van der Waals surface area (Å²) < 4.78 is 24.2. The molecule has 1 spiro atoms. The number of fused-ring (bicyclic) bond motifs is 4. The van der Waals surface area contributed by atoms with Crippen molar-refractivity contribution >= 4 is 17.9 Å². The Bertz CT molecular complexity index is 1330. The second-order valence-corrected chi connectivity index (χ2v) is 14.6. The molecule has 10 heteroatoms. The van der Waals surface area contributed by atoms with Gasteiger partial charge in [-0.15, -0.1) is 0 Å². The number of rotatable bonds is 4. The number of allylic oxidation sites excluding steroid dienone is 1. The van der Waals surface area contributed by atoms with E-state index in [9.17, 15) is 19.5 Å². The molecule has 0 aromatic carbocycles. The van der Waals surface area contributed by atoms with E-state index in [1.165, 1.54) is 20.8 Å². The van der Waals surface area contributed by atoms with Crippen LogP contribution in [0.3, 0.4) is 0 Å². The van der Waals surface area contributed by atoms with Crippen LogP contribution >= 0.6 is 0 Å². The lowest BCUT2D eigenvalue weighted by molar-refractivity contribution is -0.403. The minimum absolute atomic E-state index is 0.0561. The van der Waals surface area contributed by atoms with Gasteiger partial charge in [-0.1, -0.05) is 25.5 Å². The van der Waals surface area contributed by atoms with Crippen molar-refractivity contribution in [1.82, 2.24) is 0 Å². The molecule has 5 aliphatic rings. The number of hydrogen-bond donors (Lipinski definition) is 1. The maximum atomic E-state index is 12.9. The predicted octanol–water partition coefficient (Wildman–Crippen LogP) is 4.79. The molecule has 2 bridgehead atoms. The van der Waals surface area contributed by atoms with E-state index in [4.69, 9.17) is 28.4 Å². The number of hydrogen-bond acceptors (Lipinski definition) is 10. The monoisotopic (exact) mass is 600 g/mol. The molecule has 0 unspecified atom stereocenters. The largest absolute Gasteiger partial charge is 0.472 e. The van der Waals surface area contributed by atoms with Crippen LogP contribution in [0.5, 0.6) is 0 Å². The van der Waals surface area contributed by atoms with E-state index in [2.05, 4.69) is 19.9 Å². The van der Waals surface area contributed by atoms with E-state index in [0.29, 0.717) is 12.8 Å². The fraction of sp³-hybridized carbons (Fsp3) is 0.727. The second-order valence-electron chi connectivity index (χ2n) is 14.6. The third-order valence-corrected chi connectivity index (χ3v) is 11.6. The Labute approximate surface area is 252 Å². The van der Waals surface area contributed by atoms with Crippen molar-refractivity contribution in [1.29, 1.82) is 0 Å². The lowest BCUT2D eigenvalue weighted by Crippen LogP contribution is -2.71. The smallest absolute Gasteiger partial charge is 0.302 e. The normalized spacial score (nSPS) is 44.5. The van der Waals surface area contributed by atoms with Crippen LogP contribution in [0.1, 0.15) is 92.1 Å². The van der Waals surface area contributed by atoms with E-state index >= 15 is 0 Å². The first kappa shape index (κ1) is 30.3. The zero-order valence-corrected chi connectivity index (χ0v) is 26.1. The fourth-order valence-corrected chi connectivity index (χ4v) is 10.6. The molecule has 3 saturated carbocycles. The third-order valence-electron chi connectivity index (χ3n) is 11.6. The minimum atomic E-state index is -1.35. The number of esters is 3.